The third-order valence-corrected chi connectivity index (χ3v) is 3.32. The summed E-state index contributed by atoms with van der Waals surface area (Å²) in [7, 11) is 0. The second kappa shape index (κ2) is 5.58. The number of amides is 1. The Balaban J connectivity index is 1.96. The highest BCUT2D eigenvalue weighted by molar-refractivity contribution is 6.54. The Morgan fingerprint density at radius 2 is 1.95 bits per heavy atom. The summed E-state index contributed by atoms with van der Waals surface area (Å²) in [5, 5.41) is 3.35. The normalized spacial score (nSPS) is 15.0. The number of fused-ring (bicyclic) bond motifs is 1. The Morgan fingerprint density at radius 1 is 1.19 bits per heavy atom. The van der Waals surface area contributed by atoms with Crippen LogP contribution in [0.1, 0.15) is 12.5 Å². The quantitative estimate of drug-likeness (QED) is 0.937. The molecule has 0 unspecified atom stereocenters. The highest BCUT2D eigenvalue weighted by Crippen LogP contribution is 2.28. The van der Waals surface area contributed by atoms with Crippen molar-refractivity contribution in [3.8, 4) is 5.75 Å². The van der Waals surface area contributed by atoms with E-state index in [1.807, 2.05) is 31.2 Å². The minimum absolute atomic E-state index is 0.221. The van der Waals surface area contributed by atoms with Gasteiger partial charge in [-0.25, -0.2) is 4.99 Å². The first-order chi connectivity index (χ1) is 10.2. The predicted molar refractivity (Wildman–Crippen MR) is 83.9 cm³/mol. The van der Waals surface area contributed by atoms with Gasteiger partial charge in [0.1, 0.15) is 11.5 Å². The van der Waals surface area contributed by atoms with Gasteiger partial charge in [-0.3, -0.25) is 4.79 Å². The zero-order valence-electron chi connectivity index (χ0n) is 11.4. The molecule has 2 aromatic rings. The van der Waals surface area contributed by atoms with Crippen LogP contribution in [0.25, 0.3) is 0 Å². The highest BCUT2D eigenvalue weighted by Gasteiger charge is 2.26. The molecule has 5 heteroatoms. The molecular formula is C16H13ClN2O2. The van der Waals surface area contributed by atoms with E-state index in [1.54, 1.807) is 18.2 Å². The van der Waals surface area contributed by atoms with Crippen LogP contribution in [0.3, 0.4) is 0 Å². The maximum Gasteiger partial charge on any atom is 0.275 e. The molecule has 1 aliphatic rings. The molecule has 0 aromatic heterocycles. The lowest BCUT2D eigenvalue weighted by molar-refractivity contribution is -0.110. The van der Waals surface area contributed by atoms with Gasteiger partial charge in [0.15, 0.2) is 0 Å². The van der Waals surface area contributed by atoms with Gasteiger partial charge < -0.3 is 10.1 Å². The second-order valence-corrected chi connectivity index (χ2v) is 4.97. The van der Waals surface area contributed by atoms with Crippen LogP contribution in [-0.2, 0) is 4.79 Å². The number of hydrogen-bond acceptors (Lipinski definition) is 3. The van der Waals surface area contributed by atoms with Crippen molar-refractivity contribution in [1.29, 1.82) is 0 Å². The van der Waals surface area contributed by atoms with E-state index in [2.05, 4.69) is 10.3 Å². The maximum absolute atomic E-state index is 12.0. The minimum atomic E-state index is -0.221. The molecule has 4 nitrogen and oxygen atoms in total. The van der Waals surface area contributed by atoms with E-state index < -0.39 is 0 Å². The molecule has 2 aromatic carbocycles. The Kier molecular flexibility index (Phi) is 3.62. The van der Waals surface area contributed by atoms with E-state index in [1.165, 1.54) is 0 Å². The molecule has 1 heterocycles. The summed E-state index contributed by atoms with van der Waals surface area (Å²) in [6, 6.07) is 12.5. The van der Waals surface area contributed by atoms with Crippen molar-refractivity contribution >= 4 is 34.6 Å². The third-order valence-electron chi connectivity index (χ3n) is 3.09. The largest absolute Gasteiger partial charge is 0.494 e. The fourth-order valence-electron chi connectivity index (χ4n) is 2.15. The molecule has 0 fully saturated rings. The van der Waals surface area contributed by atoms with Gasteiger partial charge in [0, 0.05) is 10.6 Å². The number of hydrogen-bond donors (Lipinski definition) is 1. The molecule has 1 amide bonds. The van der Waals surface area contributed by atoms with Crippen molar-refractivity contribution in [2.45, 2.75) is 6.92 Å². The van der Waals surface area contributed by atoms with Crippen LogP contribution in [0.4, 0.5) is 11.4 Å². The molecule has 3 rings (SSSR count). The van der Waals surface area contributed by atoms with Crippen LogP contribution < -0.4 is 10.1 Å². The number of aliphatic imine (C=N–C) groups is 1. The fraction of sp³-hybridized carbons (Fsp3) is 0.125. The van der Waals surface area contributed by atoms with Gasteiger partial charge in [-0.1, -0.05) is 11.6 Å². The molecule has 0 aliphatic carbocycles. The Bertz CT molecular complexity index is 724. The van der Waals surface area contributed by atoms with Crippen molar-refractivity contribution in [2.75, 3.05) is 11.9 Å². The molecular weight excluding hydrogens is 288 g/mol. The zero-order chi connectivity index (χ0) is 14.8. The molecule has 106 valence electrons. The van der Waals surface area contributed by atoms with E-state index >= 15 is 0 Å². The summed E-state index contributed by atoms with van der Waals surface area (Å²) < 4.78 is 5.38. The lowest BCUT2D eigenvalue weighted by atomic mass is 10.1. The monoisotopic (exact) mass is 300 g/mol. The molecule has 0 spiro atoms. The predicted octanol–water partition coefficient (Wildman–Crippen LogP) is 3.81. The van der Waals surface area contributed by atoms with E-state index in [-0.39, 0.29) is 5.91 Å². The smallest absolute Gasteiger partial charge is 0.275 e. The summed E-state index contributed by atoms with van der Waals surface area (Å²) in [6.07, 6.45) is 0. The summed E-state index contributed by atoms with van der Waals surface area (Å²) in [5.41, 5.74) is 2.52. The molecule has 0 saturated carbocycles. The summed E-state index contributed by atoms with van der Waals surface area (Å²) in [4.78, 5) is 16.4. The summed E-state index contributed by atoms with van der Waals surface area (Å²) >= 11 is 5.98. The average Bonchev–Trinajstić information content (AvgIpc) is 2.77. The van der Waals surface area contributed by atoms with Gasteiger partial charge >= 0.3 is 0 Å². The SMILES string of the molecule is CCOc1ccc(N=C2C(=O)Nc3ccc(Cl)cc32)cc1. The van der Waals surface area contributed by atoms with Crippen LogP contribution in [0.15, 0.2) is 47.5 Å². The van der Waals surface area contributed by atoms with Gasteiger partial charge in [-0.05, 0) is 49.4 Å². The second-order valence-electron chi connectivity index (χ2n) is 4.53. The number of nitrogens with zero attached hydrogens (tertiary/aromatic N) is 1. The van der Waals surface area contributed by atoms with E-state index in [4.69, 9.17) is 16.3 Å². The highest BCUT2D eigenvalue weighted by atomic mass is 35.5. The Hall–Kier alpha value is -2.33. The van der Waals surface area contributed by atoms with Gasteiger partial charge in [0.2, 0.25) is 0 Å². The van der Waals surface area contributed by atoms with Crippen molar-refractivity contribution in [1.82, 2.24) is 0 Å². The van der Waals surface area contributed by atoms with Crippen molar-refractivity contribution < 1.29 is 9.53 Å². The first-order valence-corrected chi connectivity index (χ1v) is 6.98. The average molecular weight is 301 g/mol. The fourth-order valence-corrected chi connectivity index (χ4v) is 2.32. The Labute approximate surface area is 127 Å². The number of benzene rings is 2. The van der Waals surface area contributed by atoms with Crippen LogP contribution in [0.5, 0.6) is 5.75 Å². The molecule has 1 aliphatic heterocycles. The van der Waals surface area contributed by atoms with Crippen molar-refractivity contribution in [2.24, 2.45) is 4.99 Å². The number of rotatable bonds is 3. The van der Waals surface area contributed by atoms with Gasteiger partial charge in [-0.2, -0.15) is 0 Å². The van der Waals surface area contributed by atoms with E-state index in [0.29, 0.717) is 23.0 Å². The van der Waals surface area contributed by atoms with E-state index in [0.717, 1.165) is 17.0 Å². The zero-order valence-corrected chi connectivity index (χ0v) is 12.1. The standard InChI is InChI=1S/C16H13ClN2O2/c1-2-21-12-6-4-11(5-7-12)18-15-13-9-10(17)3-8-14(13)19-16(15)20/h3-9H,2H2,1H3,(H,18,19,20). The third kappa shape index (κ3) is 2.76. The minimum Gasteiger partial charge on any atom is -0.494 e. The van der Waals surface area contributed by atoms with Crippen LogP contribution in [0.2, 0.25) is 5.02 Å². The Morgan fingerprint density at radius 3 is 2.67 bits per heavy atom. The number of nitrogens with one attached hydrogen (secondary N) is 1. The number of anilines is 1. The molecule has 0 atom stereocenters. The molecule has 21 heavy (non-hydrogen) atoms. The lowest BCUT2D eigenvalue weighted by Crippen LogP contribution is -2.13. The first kappa shape index (κ1) is 13.6. The van der Waals surface area contributed by atoms with Gasteiger partial charge in [0.25, 0.3) is 5.91 Å². The molecule has 1 N–H and O–H groups in total. The molecule has 0 radical (unpaired) electrons. The van der Waals surface area contributed by atoms with Crippen molar-refractivity contribution in [3.63, 3.8) is 0 Å². The summed E-state index contributed by atoms with van der Waals surface area (Å²) in [5.74, 6) is 0.557. The first-order valence-electron chi connectivity index (χ1n) is 6.60. The lowest BCUT2D eigenvalue weighted by Gasteiger charge is -2.03. The number of carbonyl (C=O) groups is 1. The van der Waals surface area contributed by atoms with E-state index in [9.17, 15) is 4.79 Å². The van der Waals surface area contributed by atoms with Gasteiger partial charge in [0.05, 0.1) is 18.0 Å². The number of halogens is 1. The number of ether oxygens (including phenoxy) is 1. The van der Waals surface area contributed by atoms with Crippen LogP contribution in [-0.4, -0.2) is 18.2 Å². The van der Waals surface area contributed by atoms with Crippen molar-refractivity contribution in [3.05, 3.63) is 53.1 Å². The number of carbonyl (C=O) groups excluding carboxylic acids is 1. The van der Waals surface area contributed by atoms with Crippen LogP contribution in [0, 0.1) is 0 Å². The topological polar surface area (TPSA) is 50.7 Å². The van der Waals surface area contributed by atoms with Crippen LogP contribution >= 0.6 is 11.6 Å². The maximum atomic E-state index is 12.0. The summed E-state index contributed by atoms with van der Waals surface area (Å²) in [6.45, 7) is 2.54. The molecule has 0 bridgehead atoms. The molecule has 0 saturated heterocycles. The van der Waals surface area contributed by atoms with Gasteiger partial charge in [-0.15, -0.1) is 0 Å².